The van der Waals surface area contributed by atoms with Crippen LogP contribution in [0.1, 0.15) is 0 Å². The van der Waals surface area contributed by atoms with Crippen molar-refractivity contribution in [2.24, 2.45) is 0 Å². The average molecular weight is 211 g/mol. The van der Waals surface area contributed by atoms with Gasteiger partial charge in [-0.05, 0) is 20.2 Å². The third-order valence-corrected chi connectivity index (χ3v) is 1.85. The number of carbonyl (C=O) groups excluding carboxylic acids is 1. The Morgan fingerprint density at radius 2 is 2.40 bits per heavy atom. The molecule has 0 saturated carbocycles. The van der Waals surface area contributed by atoms with Crippen LogP contribution < -0.4 is 11.1 Å². The Morgan fingerprint density at radius 1 is 1.67 bits per heavy atom. The van der Waals surface area contributed by atoms with Crippen molar-refractivity contribution in [2.45, 2.75) is 6.54 Å². The summed E-state index contributed by atoms with van der Waals surface area (Å²) >= 11 is 0. The third-order valence-electron chi connectivity index (χ3n) is 1.85. The van der Waals surface area contributed by atoms with Gasteiger partial charge in [0.25, 0.3) is 0 Å². The molecule has 1 rings (SSSR count). The first-order valence-corrected chi connectivity index (χ1v) is 4.78. The Morgan fingerprint density at radius 3 is 2.93 bits per heavy atom. The van der Waals surface area contributed by atoms with Crippen LogP contribution in [0.2, 0.25) is 0 Å². The van der Waals surface area contributed by atoms with E-state index in [1.165, 1.54) is 4.68 Å². The number of nitrogens with two attached hydrogens (primary N) is 1. The SMILES string of the molecule is CN(C)CCNC(=O)Cn1ccc(N)n1. The number of rotatable bonds is 5. The van der Waals surface area contributed by atoms with Crippen molar-refractivity contribution in [2.75, 3.05) is 32.9 Å². The smallest absolute Gasteiger partial charge is 0.241 e. The molecule has 6 nitrogen and oxygen atoms in total. The summed E-state index contributed by atoms with van der Waals surface area (Å²) in [5.41, 5.74) is 5.42. The van der Waals surface area contributed by atoms with Crippen LogP contribution >= 0.6 is 0 Å². The summed E-state index contributed by atoms with van der Waals surface area (Å²) in [5.74, 6) is 0.371. The molecule has 0 fully saturated rings. The van der Waals surface area contributed by atoms with Crippen LogP contribution in [0.3, 0.4) is 0 Å². The Kier molecular flexibility index (Phi) is 4.11. The maximum Gasteiger partial charge on any atom is 0.241 e. The second-order valence-electron chi connectivity index (χ2n) is 3.59. The highest BCUT2D eigenvalue weighted by Crippen LogP contribution is 1.94. The van der Waals surface area contributed by atoms with Crippen LogP contribution in [0.25, 0.3) is 0 Å². The van der Waals surface area contributed by atoms with Gasteiger partial charge in [0.1, 0.15) is 12.4 Å². The van der Waals surface area contributed by atoms with Crippen molar-refractivity contribution in [1.29, 1.82) is 0 Å². The normalized spacial score (nSPS) is 10.6. The standard InChI is InChI=1S/C9H17N5O/c1-13(2)6-4-11-9(15)7-14-5-3-8(10)12-14/h3,5H,4,6-7H2,1-2H3,(H2,10,12)(H,11,15). The quantitative estimate of drug-likeness (QED) is 0.664. The van der Waals surface area contributed by atoms with E-state index in [9.17, 15) is 4.79 Å². The Labute approximate surface area is 89.0 Å². The second-order valence-corrected chi connectivity index (χ2v) is 3.59. The summed E-state index contributed by atoms with van der Waals surface area (Å²) in [6.45, 7) is 1.68. The molecule has 1 amide bonds. The number of likely N-dealkylation sites (N-methyl/N-ethyl adjacent to an activating group) is 1. The Bertz CT molecular complexity index is 320. The van der Waals surface area contributed by atoms with E-state index >= 15 is 0 Å². The number of nitrogen functional groups attached to an aromatic ring is 1. The summed E-state index contributed by atoms with van der Waals surface area (Å²) in [7, 11) is 3.92. The van der Waals surface area contributed by atoms with Gasteiger partial charge in [0.15, 0.2) is 0 Å². The fourth-order valence-electron chi connectivity index (χ4n) is 1.09. The number of aromatic nitrogens is 2. The molecular weight excluding hydrogens is 194 g/mol. The highest BCUT2D eigenvalue weighted by Gasteiger charge is 2.02. The zero-order chi connectivity index (χ0) is 11.3. The van der Waals surface area contributed by atoms with Crippen LogP contribution in [0, 0.1) is 0 Å². The van der Waals surface area contributed by atoms with E-state index in [0.29, 0.717) is 12.4 Å². The predicted octanol–water partition coefficient (Wildman–Crippen LogP) is -0.857. The lowest BCUT2D eigenvalue weighted by atomic mass is 10.5. The van der Waals surface area contributed by atoms with Crippen molar-refractivity contribution >= 4 is 11.7 Å². The van der Waals surface area contributed by atoms with Crippen LogP contribution in [0.5, 0.6) is 0 Å². The number of nitrogens with zero attached hydrogens (tertiary/aromatic N) is 3. The average Bonchev–Trinajstić information content (AvgIpc) is 2.50. The maximum absolute atomic E-state index is 11.4. The van der Waals surface area contributed by atoms with Crippen molar-refractivity contribution in [3.8, 4) is 0 Å². The topological polar surface area (TPSA) is 76.2 Å². The molecule has 15 heavy (non-hydrogen) atoms. The fourth-order valence-corrected chi connectivity index (χ4v) is 1.09. The fraction of sp³-hybridized carbons (Fsp3) is 0.556. The minimum atomic E-state index is -0.0556. The monoisotopic (exact) mass is 211 g/mol. The molecule has 6 heteroatoms. The van der Waals surface area contributed by atoms with Crippen molar-refractivity contribution < 1.29 is 4.79 Å². The van der Waals surface area contributed by atoms with E-state index < -0.39 is 0 Å². The van der Waals surface area contributed by atoms with Gasteiger partial charge in [-0.3, -0.25) is 9.48 Å². The van der Waals surface area contributed by atoms with Crippen LogP contribution in [-0.2, 0) is 11.3 Å². The number of hydrogen-bond acceptors (Lipinski definition) is 4. The van der Waals surface area contributed by atoms with E-state index in [-0.39, 0.29) is 12.5 Å². The van der Waals surface area contributed by atoms with Gasteiger partial charge in [-0.15, -0.1) is 0 Å². The van der Waals surface area contributed by atoms with Crippen molar-refractivity contribution in [3.05, 3.63) is 12.3 Å². The minimum absolute atomic E-state index is 0.0556. The summed E-state index contributed by atoms with van der Waals surface area (Å²) in [6, 6.07) is 1.66. The summed E-state index contributed by atoms with van der Waals surface area (Å²) in [5, 5.41) is 6.71. The van der Waals surface area contributed by atoms with Crippen molar-refractivity contribution in [1.82, 2.24) is 20.0 Å². The van der Waals surface area contributed by atoms with Gasteiger partial charge in [0, 0.05) is 19.3 Å². The molecule has 0 atom stereocenters. The number of amides is 1. The number of nitrogens with one attached hydrogen (secondary N) is 1. The second kappa shape index (κ2) is 5.35. The van der Waals surface area contributed by atoms with Gasteiger partial charge in [-0.1, -0.05) is 0 Å². The van der Waals surface area contributed by atoms with E-state index in [2.05, 4.69) is 10.4 Å². The zero-order valence-electron chi connectivity index (χ0n) is 9.10. The molecule has 0 aliphatic heterocycles. The minimum Gasteiger partial charge on any atom is -0.382 e. The lowest BCUT2D eigenvalue weighted by Crippen LogP contribution is -2.33. The first-order chi connectivity index (χ1) is 7.08. The molecule has 1 aromatic rings. The van der Waals surface area contributed by atoms with Gasteiger partial charge in [-0.2, -0.15) is 5.10 Å². The molecule has 1 aromatic heterocycles. The molecule has 0 aromatic carbocycles. The van der Waals surface area contributed by atoms with Gasteiger partial charge in [-0.25, -0.2) is 0 Å². The van der Waals surface area contributed by atoms with Gasteiger partial charge >= 0.3 is 0 Å². The van der Waals surface area contributed by atoms with Gasteiger partial charge < -0.3 is 16.0 Å². The number of anilines is 1. The molecule has 1 heterocycles. The number of hydrogen-bond donors (Lipinski definition) is 2. The lowest BCUT2D eigenvalue weighted by Gasteiger charge is -2.10. The Hall–Kier alpha value is -1.56. The molecule has 0 aliphatic rings. The van der Waals surface area contributed by atoms with E-state index in [0.717, 1.165) is 6.54 Å². The molecule has 3 N–H and O–H groups in total. The molecule has 0 bridgehead atoms. The molecule has 0 radical (unpaired) electrons. The molecule has 0 unspecified atom stereocenters. The molecule has 0 aliphatic carbocycles. The van der Waals surface area contributed by atoms with Gasteiger partial charge in [0.2, 0.25) is 5.91 Å². The van der Waals surface area contributed by atoms with Crippen LogP contribution in [0.15, 0.2) is 12.3 Å². The highest BCUT2D eigenvalue weighted by molar-refractivity contribution is 5.75. The zero-order valence-corrected chi connectivity index (χ0v) is 9.10. The molecule has 0 spiro atoms. The Balaban J connectivity index is 2.24. The largest absolute Gasteiger partial charge is 0.382 e. The first-order valence-electron chi connectivity index (χ1n) is 4.78. The molecular formula is C9H17N5O. The summed E-state index contributed by atoms with van der Waals surface area (Å²) in [6.07, 6.45) is 1.68. The number of carbonyl (C=O) groups is 1. The molecule has 0 saturated heterocycles. The van der Waals surface area contributed by atoms with Crippen LogP contribution in [-0.4, -0.2) is 47.8 Å². The van der Waals surface area contributed by atoms with E-state index in [4.69, 9.17) is 5.73 Å². The predicted molar refractivity (Wildman–Crippen MR) is 58.2 cm³/mol. The maximum atomic E-state index is 11.4. The lowest BCUT2D eigenvalue weighted by molar-refractivity contribution is -0.121. The summed E-state index contributed by atoms with van der Waals surface area (Å²) in [4.78, 5) is 13.4. The molecule has 84 valence electrons. The van der Waals surface area contributed by atoms with Gasteiger partial charge in [0.05, 0.1) is 0 Å². The summed E-state index contributed by atoms with van der Waals surface area (Å²) < 4.78 is 1.51. The van der Waals surface area contributed by atoms with Crippen LogP contribution in [0.4, 0.5) is 5.82 Å². The van der Waals surface area contributed by atoms with Crippen molar-refractivity contribution in [3.63, 3.8) is 0 Å². The third kappa shape index (κ3) is 4.46. The van der Waals surface area contributed by atoms with E-state index in [1.807, 2.05) is 19.0 Å². The van der Waals surface area contributed by atoms with E-state index in [1.54, 1.807) is 12.3 Å². The first kappa shape index (κ1) is 11.5. The highest BCUT2D eigenvalue weighted by atomic mass is 16.2.